The summed E-state index contributed by atoms with van der Waals surface area (Å²) in [6.07, 6.45) is -0.108. The lowest BCUT2D eigenvalue weighted by atomic mass is 9.94. The maximum Gasteiger partial charge on any atom is 0.304 e. The molecule has 6 nitrogen and oxygen atoms in total. The molecule has 0 aliphatic rings. The van der Waals surface area contributed by atoms with Crippen molar-refractivity contribution in [3.8, 4) is 5.75 Å². The van der Waals surface area contributed by atoms with E-state index in [1.807, 2.05) is 30.7 Å². The molecule has 0 spiro atoms. The zero-order chi connectivity index (χ0) is 16.4. The summed E-state index contributed by atoms with van der Waals surface area (Å²) in [4.78, 5) is 11.3. The lowest BCUT2D eigenvalue weighted by Crippen LogP contribution is -3.00. The van der Waals surface area contributed by atoms with Gasteiger partial charge in [-0.3, -0.25) is 4.79 Å². The van der Waals surface area contributed by atoms with E-state index in [9.17, 15) is 15.1 Å². The monoisotopic (exact) mass is 340 g/mol. The number of aromatic nitrogens is 2. The Morgan fingerprint density at radius 3 is 2.26 bits per heavy atom. The first-order valence-corrected chi connectivity index (χ1v) is 6.99. The highest BCUT2D eigenvalue weighted by Gasteiger charge is 2.33. The number of halogens is 1. The number of carboxylic acid groups (broad SMARTS) is 1. The van der Waals surface area contributed by atoms with Crippen LogP contribution in [0.4, 0.5) is 0 Å². The van der Waals surface area contributed by atoms with Gasteiger partial charge in [-0.1, -0.05) is 12.1 Å². The van der Waals surface area contributed by atoms with Crippen LogP contribution in [0, 0.1) is 13.8 Å². The molecule has 0 bridgehead atoms. The van der Waals surface area contributed by atoms with Crippen molar-refractivity contribution in [2.45, 2.75) is 26.2 Å². The number of benzene rings is 1. The molecule has 0 saturated heterocycles. The number of carbonyl (C=O) groups is 1. The molecule has 0 radical (unpaired) electrons. The van der Waals surface area contributed by atoms with Crippen LogP contribution in [0.15, 0.2) is 24.3 Å². The number of hydrogen-bond donors (Lipinski definition) is 2. The molecule has 0 amide bonds. The van der Waals surface area contributed by atoms with Gasteiger partial charge < -0.3 is 27.5 Å². The average Bonchev–Trinajstić information content (AvgIpc) is 2.69. The molecule has 1 unspecified atom stereocenters. The van der Waals surface area contributed by atoms with Crippen LogP contribution in [-0.4, -0.2) is 28.1 Å². The van der Waals surface area contributed by atoms with Crippen LogP contribution in [-0.2, 0) is 11.8 Å². The molecule has 1 aromatic heterocycles. The highest BCUT2D eigenvalue weighted by molar-refractivity contribution is 5.68. The number of imidazole rings is 1. The van der Waals surface area contributed by atoms with E-state index in [1.165, 1.54) is 0 Å². The summed E-state index contributed by atoms with van der Waals surface area (Å²) >= 11 is 0. The lowest BCUT2D eigenvalue weighted by Gasteiger charge is -2.12. The molecular formula is C16H21ClN2O4. The Morgan fingerprint density at radius 2 is 1.87 bits per heavy atom. The number of nitrogens with zero attached hydrogens (tertiary/aromatic N) is 2. The maximum atomic E-state index is 11.3. The Morgan fingerprint density at radius 1 is 1.30 bits per heavy atom. The van der Waals surface area contributed by atoms with E-state index >= 15 is 0 Å². The summed E-state index contributed by atoms with van der Waals surface area (Å²) in [6.45, 7) is 3.68. The Balaban J connectivity index is 0.00000264. The Kier molecular flexibility index (Phi) is 6.04. The smallest absolute Gasteiger partial charge is 0.304 e. The fourth-order valence-electron chi connectivity index (χ4n) is 2.63. The molecule has 7 heteroatoms. The van der Waals surface area contributed by atoms with Crippen molar-refractivity contribution in [2.75, 3.05) is 7.11 Å². The Labute approximate surface area is 141 Å². The van der Waals surface area contributed by atoms with Crippen molar-refractivity contribution in [3.05, 3.63) is 47.0 Å². The molecule has 126 valence electrons. The van der Waals surface area contributed by atoms with Crippen LogP contribution >= 0.6 is 0 Å². The van der Waals surface area contributed by atoms with E-state index in [1.54, 1.807) is 26.2 Å². The zero-order valence-corrected chi connectivity index (χ0v) is 14.3. The minimum absolute atomic E-state index is 0. The summed E-state index contributed by atoms with van der Waals surface area (Å²) in [5, 5.41) is 19.6. The minimum atomic E-state index is -0.919. The van der Waals surface area contributed by atoms with Crippen molar-refractivity contribution < 1.29 is 36.8 Å². The number of hydrogen-bond acceptors (Lipinski definition) is 3. The van der Waals surface area contributed by atoms with E-state index in [0.717, 1.165) is 16.0 Å². The molecule has 0 saturated carbocycles. The second-order valence-corrected chi connectivity index (χ2v) is 5.32. The van der Waals surface area contributed by atoms with Gasteiger partial charge in [0.05, 0.1) is 26.5 Å². The van der Waals surface area contributed by atoms with Gasteiger partial charge in [0.15, 0.2) is 5.69 Å². The molecule has 0 aliphatic carbocycles. The first kappa shape index (κ1) is 18.8. The Hall–Kier alpha value is -2.21. The van der Waals surface area contributed by atoms with Gasteiger partial charge in [-0.05, 0) is 22.4 Å². The predicted octanol–water partition coefficient (Wildman–Crippen LogP) is -1.21. The third-order valence-electron chi connectivity index (χ3n) is 4.11. The van der Waals surface area contributed by atoms with Gasteiger partial charge in [0, 0.05) is 13.8 Å². The standard InChI is InChI=1S/C16H20N2O4.ClH/c1-10-11(2)18(21)16(17(10)3)14(9-15(19)20)12-5-7-13(22-4)8-6-12;/h5-8,14H,9H2,1-4H3,(H-,19,20,21);1H. The average molecular weight is 341 g/mol. The quantitative estimate of drug-likeness (QED) is 0.529. The van der Waals surface area contributed by atoms with Gasteiger partial charge >= 0.3 is 11.8 Å². The molecule has 1 aromatic carbocycles. The number of carboxylic acids is 1. The van der Waals surface area contributed by atoms with Gasteiger partial charge in [0.2, 0.25) is 0 Å². The highest BCUT2D eigenvalue weighted by atomic mass is 35.5. The van der Waals surface area contributed by atoms with Crippen LogP contribution < -0.4 is 21.7 Å². The maximum absolute atomic E-state index is 11.3. The third kappa shape index (κ3) is 3.59. The molecule has 23 heavy (non-hydrogen) atoms. The van der Waals surface area contributed by atoms with E-state index in [0.29, 0.717) is 17.3 Å². The third-order valence-corrected chi connectivity index (χ3v) is 4.11. The first-order chi connectivity index (χ1) is 10.4. The summed E-state index contributed by atoms with van der Waals surface area (Å²) in [5.41, 5.74) is 2.40. The summed E-state index contributed by atoms with van der Waals surface area (Å²) in [5.74, 6) is -0.125. The van der Waals surface area contributed by atoms with Gasteiger partial charge in [-0.25, -0.2) is 4.57 Å². The topological polar surface area (TPSA) is 75.6 Å². The molecule has 2 rings (SSSR count). The van der Waals surface area contributed by atoms with Crippen LogP contribution in [0.3, 0.4) is 0 Å². The van der Waals surface area contributed by atoms with Gasteiger partial charge in [0.25, 0.3) is 0 Å². The predicted molar refractivity (Wildman–Crippen MR) is 79.4 cm³/mol. The fraction of sp³-hybridized carbons (Fsp3) is 0.375. The van der Waals surface area contributed by atoms with E-state index in [2.05, 4.69) is 0 Å². The van der Waals surface area contributed by atoms with Crippen LogP contribution in [0.2, 0.25) is 0 Å². The van der Waals surface area contributed by atoms with Crippen LogP contribution in [0.25, 0.3) is 0 Å². The molecule has 0 fully saturated rings. The van der Waals surface area contributed by atoms with Gasteiger partial charge in [-0.15, -0.1) is 0 Å². The fourth-order valence-corrected chi connectivity index (χ4v) is 2.63. The first-order valence-electron chi connectivity index (χ1n) is 6.99. The van der Waals surface area contributed by atoms with Crippen molar-refractivity contribution in [1.82, 2.24) is 4.73 Å². The van der Waals surface area contributed by atoms with E-state index in [4.69, 9.17) is 4.74 Å². The molecule has 0 aliphatic heterocycles. The number of aliphatic carboxylic acids is 1. The second-order valence-electron chi connectivity index (χ2n) is 5.32. The van der Waals surface area contributed by atoms with Crippen molar-refractivity contribution in [2.24, 2.45) is 7.05 Å². The largest absolute Gasteiger partial charge is 1.00 e. The molecule has 1 atom stereocenters. The summed E-state index contributed by atoms with van der Waals surface area (Å²) < 4.78 is 8.03. The molecular weight excluding hydrogens is 320 g/mol. The minimum Gasteiger partial charge on any atom is -1.00 e. The van der Waals surface area contributed by atoms with Gasteiger partial charge in [-0.2, -0.15) is 0 Å². The molecule has 2 aromatic rings. The second kappa shape index (κ2) is 7.37. The van der Waals surface area contributed by atoms with Crippen molar-refractivity contribution in [1.29, 1.82) is 0 Å². The van der Waals surface area contributed by atoms with Crippen molar-refractivity contribution in [3.63, 3.8) is 0 Å². The Bertz CT molecular complexity index is 670. The molecule has 2 N–H and O–H groups in total. The summed E-state index contributed by atoms with van der Waals surface area (Å²) in [6, 6.07) is 7.22. The van der Waals surface area contributed by atoms with E-state index in [-0.39, 0.29) is 18.8 Å². The normalized spacial score (nSPS) is 11.7. The lowest BCUT2D eigenvalue weighted by molar-refractivity contribution is -0.686. The number of rotatable bonds is 5. The van der Waals surface area contributed by atoms with Crippen LogP contribution in [0.5, 0.6) is 5.75 Å². The van der Waals surface area contributed by atoms with Crippen molar-refractivity contribution >= 4 is 5.97 Å². The van der Waals surface area contributed by atoms with Gasteiger partial charge in [0.1, 0.15) is 11.4 Å². The van der Waals surface area contributed by atoms with Crippen LogP contribution in [0.1, 0.15) is 35.1 Å². The molecule has 1 heterocycles. The SMILES string of the molecule is COc1ccc(C(CC(=O)O)c2n(O)c(C)c(C)[n+]2C)cc1.[Cl-]. The summed E-state index contributed by atoms with van der Waals surface area (Å²) in [7, 11) is 3.40. The van der Waals surface area contributed by atoms with E-state index < -0.39 is 11.9 Å². The zero-order valence-electron chi connectivity index (χ0n) is 13.6. The number of ether oxygens (including phenoxy) is 1. The highest BCUT2D eigenvalue weighted by Crippen LogP contribution is 2.28. The number of methoxy groups -OCH3 is 1.